The van der Waals surface area contributed by atoms with E-state index in [4.69, 9.17) is 14.7 Å². The number of sulfonamides is 1. The molecular formula is C13H22BNO5S. The first-order valence-electron chi connectivity index (χ1n) is 6.75. The van der Waals surface area contributed by atoms with Crippen molar-refractivity contribution in [2.75, 3.05) is 4.72 Å². The van der Waals surface area contributed by atoms with Crippen LogP contribution in [-0.2, 0) is 16.4 Å². The van der Waals surface area contributed by atoms with Gasteiger partial charge >= 0.3 is 7.32 Å². The third-order valence-corrected chi connectivity index (χ3v) is 4.97. The van der Waals surface area contributed by atoms with Crippen LogP contribution in [0.25, 0.3) is 0 Å². The molecule has 1 aromatic carbocycles. The van der Waals surface area contributed by atoms with Crippen LogP contribution in [0, 0.1) is 0 Å². The Balaban J connectivity index is 3.17. The van der Waals surface area contributed by atoms with Gasteiger partial charge in [0.15, 0.2) is 0 Å². The van der Waals surface area contributed by atoms with Gasteiger partial charge in [0.25, 0.3) is 0 Å². The zero-order valence-electron chi connectivity index (χ0n) is 12.8. The van der Waals surface area contributed by atoms with Crippen molar-refractivity contribution in [3.63, 3.8) is 0 Å². The highest BCUT2D eigenvalue weighted by Crippen LogP contribution is 2.30. The topological polar surface area (TPSA) is 95.9 Å². The molecule has 0 saturated carbocycles. The molecule has 0 fully saturated rings. The molecule has 0 bridgehead atoms. The fraction of sp³-hybridized carbons (Fsp3) is 0.538. The van der Waals surface area contributed by atoms with E-state index in [0.717, 1.165) is 18.4 Å². The molecule has 1 rings (SSSR count). The lowest BCUT2D eigenvalue weighted by atomic mass is 10.1. The maximum atomic E-state index is 12.2. The molecule has 21 heavy (non-hydrogen) atoms. The summed E-state index contributed by atoms with van der Waals surface area (Å²) >= 11 is 0. The molecule has 0 atom stereocenters. The summed E-state index contributed by atoms with van der Waals surface area (Å²) in [7, 11) is -5.64. The first-order valence-corrected chi connectivity index (χ1v) is 8.23. The van der Waals surface area contributed by atoms with Crippen molar-refractivity contribution in [1.29, 1.82) is 0 Å². The molecule has 0 aromatic heterocycles. The minimum atomic E-state index is -3.63. The number of rotatable bonds is 6. The largest absolute Gasteiger partial charge is 0.707 e. The van der Waals surface area contributed by atoms with Gasteiger partial charge < -0.3 is 14.7 Å². The summed E-state index contributed by atoms with van der Waals surface area (Å²) in [6, 6.07) is 4.94. The Bertz CT molecular complexity index is 581. The van der Waals surface area contributed by atoms with Crippen LogP contribution in [0.5, 0.6) is 5.75 Å². The molecule has 0 aliphatic carbocycles. The van der Waals surface area contributed by atoms with Crippen molar-refractivity contribution < 1.29 is 23.1 Å². The quantitative estimate of drug-likeness (QED) is 0.692. The van der Waals surface area contributed by atoms with Gasteiger partial charge in [0.05, 0.1) is 10.4 Å². The summed E-state index contributed by atoms with van der Waals surface area (Å²) in [6.07, 6.45) is 1.69. The number of aryl methyl sites for hydroxylation is 1. The lowest BCUT2D eigenvalue weighted by molar-refractivity contribution is 0.288. The van der Waals surface area contributed by atoms with Crippen LogP contribution in [0.2, 0.25) is 0 Å². The monoisotopic (exact) mass is 315 g/mol. The molecule has 0 heterocycles. The lowest BCUT2D eigenvalue weighted by Gasteiger charge is -2.22. The minimum absolute atomic E-state index is 0.0868. The second kappa shape index (κ2) is 6.68. The molecule has 0 amide bonds. The Morgan fingerprint density at radius 1 is 1.29 bits per heavy atom. The van der Waals surface area contributed by atoms with Crippen molar-refractivity contribution >= 4 is 23.0 Å². The number of anilines is 1. The Morgan fingerprint density at radius 3 is 2.38 bits per heavy atom. The maximum Gasteiger partial charge on any atom is 0.707 e. The molecule has 6 nitrogen and oxygen atoms in total. The van der Waals surface area contributed by atoms with Gasteiger partial charge in [-0.3, -0.25) is 4.72 Å². The minimum Gasteiger partial charge on any atom is -0.510 e. The predicted octanol–water partition coefficient (Wildman–Crippen LogP) is 1.53. The number of hydrogen-bond acceptors (Lipinski definition) is 5. The fourth-order valence-electron chi connectivity index (χ4n) is 1.60. The zero-order valence-corrected chi connectivity index (χ0v) is 13.6. The number of benzene rings is 1. The van der Waals surface area contributed by atoms with Crippen molar-refractivity contribution in [3.05, 3.63) is 23.8 Å². The van der Waals surface area contributed by atoms with Gasteiger partial charge in [-0.1, -0.05) is 19.4 Å². The standard InChI is InChI=1S/C13H22BNO5S/c1-5-6-10-7-8-11(12(9-10)20-14(16)17)15-21(18,19)13(2,3)4/h7-9,15-17H,5-6H2,1-4H3. The smallest absolute Gasteiger partial charge is 0.510 e. The van der Waals surface area contributed by atoms with Crippen molar-refractivity contribution in [3.8, 4) is 5.75 Å². The Hall–Kier alpha value is -1.25. The van der Waals surface area contributed by atoms with E-state index in [9.17, 15) is 8.42 Å². The third-order valence-electron chi connectivity index (χ3n) is 2.87. The van der Waals surface area contributed by atoms with E-state index >= 15 is 0 Å². The Kier molecular flexibility index (Phi) is 5.66. The summed E-state index contributed by atoms with van der Waals surface area (Å²) in [6.45, 7) is 6.73. The highest BCUT2D eigenvalue weighted by atomic mass is 32.2. The molecule has 8 heteroatoms. The second-order valence-electron chi connectivity index (χ2n) is 5.74. The summed E-state index contributed by atoms with van der Waals surface area (Å²) in [4.78, 5) is 0. The molecule has 0 aliphatic rings. The van der Waals surface area contributed by atoms with E-state index < -0.39 is 22.1 Å². The Labute approximate surface area is 126 Å². The van der Waals surface area contributed by atoms with Crippen LogP contribution in [0.3, 0.4) is 0 Å². The van der Waals surface area contributed by atoms with E-state index in [1.54, 1.807) is 39.0 Å². The molecule has 118 valence electrons. The average molecular weight is 315 g/mol. The van der Waals surface area contributed by atoms with E-state index in [-0.39, 0.29) is 11.4 Å². The van der Waals surface area contributed by atoms with Crippen LogP contribution in [-0.4, -0.2) is 30.5 Å². The first kappa shape index (κ1) is 17.8. The number of nitrogens with one attached hydrogen (secondary N) is 1. The van der Waals surface area contributed by atoms with Gasteiger partial charge in [-0.25, -0.2) is 8.42 Å². The lowest BCUT2D eigenvalue weighted by Crippen LogP contribution is -2.34. The molecule has 0 unspecified atom stereocenters. The van der Waals surface area contributed by atoms with Gasteiger partial charge in [-0.05, 0) is 44.9 Å². The third kappa shape index (κ3) is 4.91. The summed E-state index contributed by atoms with van der Waals surface area (Å²) < 4.78 is 30.7. The van der Waals surface area contributed by atoms with Crippen LogP contribution in [0.1, 0.15) is 39.7 Å². The van der Waals surface area contributed by atoms with Crippen LogP contribution < -0.4 is 9.38 Å². The molecule has 0 radical (unpaired) electrons. The van der Waals surface area contributed by atoms with Crippen molar-refractivity contribution in [1.82, 2.24) is 0 Å². The molecule has 0 saturated heterocycles. The fourth-order valence-corrected chi connectivity index (χ4v) is 2.37. The average Bonchev–Trinajstić information content (AvgIpc) is 2.30. The van der Waals surface area contributed by atoms with Gasteiger partial charge in [-0.2, -0.15) is 0 Å². The molecule has 3 N–H and O–H groups in total. The summed E-state index contributed by atoms with van der Waals surface area (Å²) in [5.41, 5.74) is 1.10. The number of hydrogen-bond donors (Lipinski definition) is 3. The van der Waals surface area contributed by atoms with Crippen molar-refractivity contribution in [2.24, 2.45) is 0 Å². The summed E-state index contributed by atoms with van der Waals surface area (Å²) in [5.74, 6) is 0.0868. The van der Waals surface area contributed by atoms with E-state index in [2.05, 4.69) is 4.72 Å². The normalized spacial score (nSPS) is 12.1. The Morgan fingerprint density at radius 2 is 1.90 bits per heavy atom. The van der Waals surface area contributed by atoms with E-state index in [0.29, 0.717) is 0 Å². The van der Waals surface area contributed by atoms with Gasteiger partial charge in [0, 0.05) is 0 Å². The molecule has 0 aliphatic heterocycles. The van der Waals surface area contributed by atoms with Gasteiger partial charge in [0.1, 0.15) is 5.75 Å². The molecular weight excluding hydrogens is 293 g/mol. The second-order valence-corrected chi connectivity index (χ2v) is 8.18. The predicted molar refractivity (Wildman–Crippen MR) is 83.6 cm³/mol. The SMILES string of the molecule is CCCc1ccc(NS(=O)(=O)C(C)(C)C)c(OB(O)O)c1. The highest BCUT2D eigenvalue weighted by Gasteiger charge is 2.30. The van der Waals surface area contributed by atoms with Gasteiger partial charge in [-0.15, -0.1) is 0 Å². The first-order chi connectivity index (χ1) is 9.56. The van der Waals surface area contributed by atoms with E-state index in [1.165, 1.54) is 0 Å². The maximum absolute atomic E-state index is 12.2. The van der Waals surface area contributed by atoms with Crippen LogP contribution >= 0.6 is 0 Å². The highest BCUT2D eigenvalue weighted by molar-refractivity contribution is 7.94. The van der Waals surface area contributed by atoms with Crippen LogP contribution in [0.15, 0.2) is 18.2 Å². The van der Waals surface area contributed by atoms with Crippen LogP contribution in [0.4, 0.5) is 5.69 Å². The van der Waals surface area contributed by atoms with E-state index in [1.807, 2.05) is 6.92 Å². The molecule has 0 spiro atoms. The zero-order chi connectivity index (χ0) is 16.3. The summed E-state index contributed by atoms with van der Waals surface area (Å²) in [5, 5.41) is 17.9. The molecule has 1 aromatic rings. The van der Waals surface area contributed by atoms with Gasteiger partial charge in [0.2, 0.25) is 10.0 Å². The van der Waals surface area contributed by atoms with Crippen molar-refractivity contribution in [2.45, 2.75) is 45.3 Å².